The summed E-state index contributed by atoms with van der Waals surface area (Å²) in [6.45, 7) is 2.12. The van der Waals surface area contributed by atoms with E-state index >= 15 is 0 Å². The number of carbonyl (C=O) groups excluding carboxylic acids is 2. The van der Waals surface area contributed by atoms with E-state index in [1.54, 1.807) is 18.2 Å². The Morgan fingerprint density at radius 2 is 2.14 bits per heavy atom. The van der Waals surface area contributed by atoms with Crippen LogP contribution in [0.25, 0.3) is 11.3 Å². The number of nitrogens with one attached hydrogen (secondary N) is 2. The minimum absolute atomic E-state index is 0.0628. The summed E-state index contributed by atoms with van der Waals surface area (Å²) in [5.41, 5.74) is 1.03. The first-order chi connectivity index (χ1) is 10.6. The highest BCUT2D eigenvalue weighted by Gasteiger charge is 2.15. The number of carbonyl (C=O) groups is 2. The van der Waals surface area contributed by atoms with Gasteiger partial charge in [-0.15, -0.1) is 0 Å². The molecule has 7 heteroatoms. The molecule has 0 aliphatic rings. The van der Waals surface area contributed by atoms with Gasteiger partial charge in [-0.25, -0.2) is 4.79 Å². The van der Waals surface area contributed by atoms with Crippen molar-refractivity contribution in [2.45, 2.75) is 13.3 Å². The fourth-order valence-electron chi connectivity index (χ4n) is 1.78. The van der Waals surface area contributed by atoms with Gasteiger partial charge in [-0.05, 0) is 24.6 Å². The molecule has 0 saturated carbocycles. The highest BCUT2D eigenvalue weighted by Crippen LogP contribution is 2.27. The number of hydrogen-bond donors (Lipinski definition) is 3. The van der Waals surface area contributed by atoms with Crippen LogP contribution in [0.5, 0.6) is 5.75 Å². The van der Waals surface area contributed by atoms with Gasteiger partial charge in [-0.1, -0.05) is 19.1 Å². The van der Waals surface area contributed by atoms with Crippen molar-refractivity contribution >= 4 is 11.9 Å². The molecule has 22 heavy (non-hydrogen) atoms. The van der Waals surface area contributed by atoms with Crippen molar-refractivity contribution in [3.63, 3.8) is 0 Å². The quantitative estimate of drug-likeness (QED) is 0.701. The van der Waals surface area contributed by atoms with Gasteiger partial charge in [0.25, 0.3) is 5.91 Å². The van der Waals surface area contributed by atoms with Crippen LogP contribution in [0.3, 0.4) is 0 Å². The zero-order valence-corrected chi connectivity index (χ0v) is 12.1. The summed E-state index contributed by atoms with van der Waals surface area (Å²) in [6.07, 6.45) is 0.810. The summed E-state index contributed by atoms with van der Waals surface area (Å²) >= 11 is 0. The van der Waals surface area contributed by atoms with Crippen molar-refractivity contribution in [3.05, 3.63) is 36.0 Å². The summed E-state index contributed by atoms with van der Waals surface area (Å²) in [5.74, 6) is -0.968. The third-order valence-electron chi connectivity index (χ3n) is 2.88. The molecule has 3 N–H and O–H groups in total. The molecule has 1 heterocycles. The minimum atomic E-state index is -0.680. The van der Waals surface area contributed by atoms with Crippen LogP contribution in [-0.2, 0) is 9.53 Å². The Hall–Kier alpha value is -2.83. The van der Waals surface area contributed by atoms with Crippen molar-refractivity contribution < 1.29 is 19.4 Å². The van der Waals surface area contributed by atoms with Crippen molar-refractivity contribution in [1.29, 1.82) is 0 Å². The zero-order chi connectivity index (χ0) is 15.9. The van der Waals surface area contributed by atoms with Gasteiger partial charge in [-0.2, -0.15) is 5.10 Å². The molecule has 1 aromatic carbocycles. The number of amides is 1. The van der Waals surface area contributed by atoms with E-state index in [9.17, 15) is 14.7 Å². The van der Waals surface area contributed by atoms with Gasteiger partial charge >= 0.3 is 5.97 Å². The van der Waals surface area contributed by atoms with Gasteiger partial charge < -0.3 is 15.2 Å². The molecule has 0 saturated heterocycles. The lowest BCUT2D eigenvalue weighted by Crippen LogP contribution is -2.29. The number of benzene rings is 1. The first-order valence-corrected chi connectivity index (χ1v) is 6.89. The van der Waals surface area contributed by atoms with E-state index in [0.717, 1.165) is 6.42 Å². The SMILES string of the molecule is CCCNC(=O)COC(=O)c1cc(-c2ccccc2O)n[nH]1. The molecule has 0 fully saturated rings. The number of aromatic amines is 1. The van der Waals surface area contributed by atoms with Crippen molar-refractivity contribution in [2.24, 2.45) is 0 Å². The molecule has 0 unspecified atom stereocenters. The average molecular weight is 303 g/mol. The van der Waals surface area contributed by atoms with Gasteiger partial charge in [0.1, 0.15) is 11.4 Å². The van der Waals surface area contributed by atoms with Crippen LogP contribution in [-0.4, -0.2) is 40.3 Å². The van der Waals surface area contributed by atoms with Gasteiger partial charge in [0.15, 0.2) is 6.61 Å². The van der Waals surface area contributed by atoms with Crippen LogP contribution in [0.1, 0.15) is 23.8 Å². The number of para-hydroxylation sites is 1. The van der Waals surface area contributed by atoms with Crippen LogP contribution in [0.15, 0.2) is 30.3 Å². The summed E-state index contributed by atoms with van der Waals surface area (Å²) in [7, 11) is 0. The van der Waals surface area contributed by atoms with E-state index in [1.165, 1.54) is 12.1 Å². The third-order valence-corrected chi connectivity index (χ3v) is 2.88. The van der Waals surface area contributed by atoms with E-state index in [4.69, 9.17) is 4.74 Å². The van der Waals surface area contributed by atoms with Crippen molar-refractivity contribution in [2.75, 3.05) is 13.2 Å². The summed E-state index contributed by atoms with van der Waals surface area (Å²) in [5, 5.41) is 18.8. The van der Waals surface area contributed by atoms with Crippen LogP contribution in [0.4, 0.5) is 0 Å². The molecular formula is C15H17N3O4. The second-order valence-electron chi connectivity index (χ2n) is 4.61. The predicted molar refractivity (Wildman–Crippen MR) is 79.3 cm³/mol. The van der Waals surface area contributed by atoms with Crippen LogP contribution >= 0.6 is 0 Å². The van der Waals surface area contributed by atoms with Crippen molar-refractivity contribution in [1.82, 2.24) is 15.5 Å². The Labute approximate surface area is 127 Å². The van der Waals surface area contributed by atoms with E-state index in [2.05, 4.69) is 15.5 Å². The molecule has 7 nitrogen and oxygen atoms in total. The van der Waals surface area contributed by atoms with Crippen LogP contribution < -0.4 is 5.32 Å². The second kappa shape index (κ2) is 7.26. The number of H-pyrrole nitrogens is 1. The Bertz CT molecular complexity index is 666. The highest BCUT2D eigenvalue weighted by atomic mass is 16.5. The maximum absolute atomic E-state index is 11.8. The Kier molecular flexibility index (Phi) is 5.13. The van der Waals surface area contributed by atoms with E-state index in [-0.39, 0.29) is 24.0 Å². The first-order valence-electron chi connectivity index (χ1n) is 6.89. The molecule has 2 aromatic rings. The fourth-order valence-corrected chi connectivity index (χ4v) is 1.78. The van der Waals surface area contributed by atoms with Crippen LogP contribution in [0.2, 0.25) is 0 Å². The molecular weight excluding hydrogens is 286 g/mol. The Balaban J connectivity index is 1.98. The number of ether oxygens (including phenoxy) is 1. The molecule has 116 valence electrons. The number of aromatic nitrogens is 2. The van der Waals surface area contributed by atoms with Gasteiger partial charge in [0.2, 0.25) is 0 Å². The lowest BCUT2D eigenvalue weighted by atomic mass is 10.1. The number of aromatic hydroxyl groups is 1. The normalized spacial score (nSPS) is 10.2. The predicted octanol–water partition coefficient (Wildman–Crippen LogP) is 1.47. The number of hydrogen-bond acceptors (Lipinski definition) is 5. The van der Waals surface area contributed by atoms with Crippen LogP contribution in [0, 0.1) is 0 Å². The number of esters is 1. The fraction of sp³-hybridized carbons (Fsp3) is 0.267. The largest absolute Gasteiger partial charge is 0.507 e. The summed E-state index contributed by atoms with van der Waals surface area (Å²) in [4.78, 5) is 23.2. The van der Waals surface area contributed by atoms with E-state index < -0.39 is 5.97 Å². The van der Waals surface area contributed by atoms with Gasteiger partial charge in [0, 0.05) is 12.1 Å². The van der Waals surface area contributed by atoms with E-state index in [1.807, 2.05) is 6.92 Å². The lowest BCUT2D eigenvalue weighted by molar-refractivity contribution is -0.124. The van der Waals surface area contributed by atoms with Crippen molar-refractivity contribution in [3.8, 4) is 17.0 Å². The summed E-state index contributed by atoms with van der Waals surface area (Å²) < 4.78 is 4.88. The standard InChI is InChI=1S/C15H17N3O4/c1-2-7-16-14(20)9-22-15(21)12-8-11(17-18-12)10-5-3-4-6-13(10)19/h3-6,8,19H,2,7,9H2,1H3,(H,16,20)(H,17,18). The second-order valence-corrected chi connectivity index (χ2v) is 4.61. The molecule has 1 amide bonds. The molecule has 0 aliphatic carbocycles. The van der Waals surface area contributed by atoms with E-state index in [0.29, 0.717) is 17.8 Å². The maximum atomic E-state index is 11.8. The molecule has 0 atom stereocenters. The monoisotopic (exact) mass is 303 g/mol. The lowest BCUT2D eigenvalue weighted by Gasteiger charge is -2.04. The molecule has 1 aromatic heterocycles. The smallest absolute Gasteiger partial charge is 0.356 e. The molecule has 0 radical (unpaired) electrons. The molecule has 0 spiro atoms. The van der Waals surface area contributed by atoms with Gasteiger partial charge in [0.05, 0.1) is 5.69 Å². The average Bonchev–Trinajstić information content (AvgIpc) is 3.00. The topological polar surface area (TPSA) is 104 Å². The molecule has 2 rings (SSSR count). The molecule has 0 aliphatic heterocycles. The third kappa shape index (κ3) is 3.85. The Morgan fingerprint density at radius 1 is 1.36 bits per heavy atom. The highest BCUT2D eigenvalue weighted by molar-refractivity contribution is 5.90. The zero-order valence-electron chi connectivity index (χ0n) is 12.1. The number of phenols is 1. The summed E-state index contributed by atoms with van der Waals surface area (Å²) in [6, 6.07) is 8.11. The molecule has 0 bridgehead atoms. The number of nitrogens with zero attached hydrogens (tertiary/aromatic N) is 1. The number of rotatable bonds is 6. The van der Waals surface area contributed by atoms with Gasteiger partial charge in [-0.3, -0.25) is 9.89 Å². The Morgan fingerprint density at radius 3 is 2.86 bits per heavy atom. The first kappa shape index (κ1) is 15.6. The maximum Gasteiger partial charge on any atom is 0.356 e. The minimum Gasteiger partial charge on any atom is -0.507 e. The number of phenolic OH excluding ortho intramolecular Hbond substituents is 1.